The van der Waals surface area contributed by atoms with E-state index >= 15 is 0 Å². The molecule has 2 rings (SSSR count). The highest BCUT2D eigenvalue weighted by Crippen LogP contribution is 2.51. The Morgan fingerprint density at radius 2 is 1.74 bits per heavy atom. The Labute approximate surface area is 123 Å². The molecular weight excluding hydrogens is 304 g/mol. The number of carbonyl (C=O) groups is 1. The molecule has 2 N–H and O–H groups in total. The third kappa shape index (κ3) is 3.30. The second-order valence-electron chi connectivity index (χ2n) is 5.66. The lowest BCUT2D eigenvalue weighted by Crippen LogP contribution is -2.48. The highest BCUT2D eigenvalue weighted by atomic mass is 79.9. The summed E-state index contributed by atoms with van der Waals surface area (Å²) < 4.78 is 1.09. The van der Waals surface area contributed by atoms with E-state index in [1.54, 1.807) is 0 Å². The fraction of sp³-hybridized carbons (Fsp3) is 0.533. The van der Waals surface area contributed by atoms with Gasteiger partial charge < -0.3 is 10.6 Å². The largest absolute Gasteiger partial charge is 0.336 e. The van der Waals surface area contributed by atoms with E-state index in [4.69, 9.17) is 0 Å². The molecule has 0 saturated heterocycles. The van der Waals surface area contributed by atoms with Crippen LogP contribution in [-0.4, -0.2) is 18.1 Å². The van der Waals surface area contributed by atoms with Crippen LogP contribution in [0.3, 0.4) is 0 Å². The fourth-order valence-corrected chi connectivity index (χ4v) is 2.79. The van der Waals surface area contributed by atoms with Gasteiger partial charge in [-0.25, -0.2) is 4.79 Å². The molecule has 1 aliphatic carbocycles. The van der Waals surface area contributed by atoms with Gasteiger partial charge in [0, 0.05) is 22.0 Å². The van der Waals surface area contributed by atoms with Crippen molar-refractivity contribution in [1.29, 1.82) is 0 Å². The number of urea groups is 1. The van der Waals surface area contributed by atoms with Gasteiger partial charge in [0.15, 0.2) is 0 Å². The summed E-state index contributed by atoms with van der Waals surface area (Å²) in [5, 5.41) is 5.94. The van der Waals surface area contributed by atoms with Crippen molar-refractivity contribution in [2.75, 3.05) is 0 Å². The number of hydrogen-bond acceptors (Lipinski definition) is 1. The molecule has 1 aliphatic rings. The number of rotatable bonds is 4. The van der Waals surface area contributed by atoms with Crippen LogP contribution in [0.4, 0.5) is 4.79 Å². The molecule has 0 aromatic heterocycles. The van der Waals surface area contributed by atoms with Crippen LogP contribution < -0.4 is 10.6 Å². The van der Waals surface area contributed by atoms with Crippen LogP contribution >= 0.6 is 15.9 Å². The Balaban J connectivity index is 2.04. The first-order valence-electron chi connectivity index (χ1n) is 6.77. The lowest BCUT2D eigenvalue weighted by molar-refractivity contribution is 0.232. The Kier molecular flexibility index (Phi) is 4.19. The highest BCUT2D eigenvalue weighted by Gasteiger charge is 2.49. The van der Waals surface area contributed by atoms with E-state index in [-0.39, 0.29) is 23.5 Å². The van der Waals surface area contributed by atoms with Gasteiger partial charge in [0.05, 0.1) is 0 Å². The zero-order valence-corrected chi connectivity index (χ0v) is 13.3. The molecule has 2 amide bonds. The Morgan fingerprint density at radius 3 is 2.21 bits per heavy atom. The molecule has 0 heterocycles. The zero-order valence-electron chi connectivity index (χ0n) is 11.7. The van der Waals surface area contributed by atoms with Crippen LogP contribution in [-0.2, 0) is 5.41 Å². The van der Waals surface area contributed by atoms with Crippen LogP contribution in [0.1, 0.15) is 39.2 Å². The second kappa shape index (κ2) is 5.53. The summed E-state index contributed by atoms with van der Waals surface area (Å²) in [7, 11) is 0. The molecule has 1 saturated carbocycles. The van der Waals surface area contributed by atoms with Gasteiger partial charge in [-0.2, -0.15) is 0 Å². The minimum atomic E-state index is -0.0779. The molecule has 1 aromatic rings. The van der Waals surface area contributed by atoms with E-state index in [9.17, 15) is 4.79 Å². The van der Waals surface area contributed by atoms with Crippen molar-refractivity contribution < 1.29 is 4.79 Å². The van der Waals surface area contributed by atoms with Gasteiger partial charge in [0.1, 0.15) is 0 Å². The van der Waals surface area contributed by atoms with Crippen LogP contribution in [0.5, 0.6) is 0 Å². The van der Waals surface area contributed by atoms with Gasteiger partial charge in [0.2, 0.25) is 0 Å². The molecule has 0 bridgehead atoms. The first kappa shape index (κ1) is 14.4. The predicted octanol–water partition coefficient (Wildman–Crippen LogP) is 3.58. The first-order valence-corrected chi connectivity index (χ1v) is 7.56. The van der Waals surface area contributed by atoms with Crippen LogP contribution in [0.2, 0.25) is 0 Å². The maximum absolute atomic E-state index is 11.8. The number of benzene rings is 1. The number of carbonyl (C=O) groups excluding carboxylic acids is 1. The summed E-state index contributed by atoms with van der Waals surface area (Å²) in [5.74, 6) is 0. The fourth-order valence-electron chi connectivity index (χ4n) is 2.53. The van der Waals surface area contributed by atoms with Gasteiger partial charge >= 0.3 is 6.03 Å². The average Bonchev–Trinajstić information content (AvgIpc) is 3.09. The van der Waals surface area contributed by atoms with E-state index in [0.717, 1.165) is 17.3 Å². The van der Waals surface area contributed by atoms with E-state index in [2.05, 4.69) is 57.8 Å². The molecule has 4 heteroatoms. The third-order valence-electron chi connectivity index (χ3n) is 3.80. The van der Waals surface area contributed by atoms with Crippen molar-refractivity contribution in [1.82, 2.24) is 10.6 Å². The maximum atomic E-state index is 11.8. The van der Waals surface area contributed by atoms with Gasteiger partial charge in [-0.1, -0.05) is 28.1 Å². The molecule has 1 atom stereocenters. The molecule has 0 spiro atoms. The first-order chi connectivity index (χ1) is 8.94. The van der Waals surface area contributed by atoms with Crippen molar-refractivity contribution in [2.45, 2.75) is 51.1 Å². The lowest BCUT2D eigenvalue weighted by Gasteiger charge is -2.25. The van der Waals surface area contributed by atoms with Crippen molar-refractivity contribution >= 4 is 22.0 Å². The molecule has 104 valence electrons. The topological polar surface area (TPSA) is 41.1 Å². The van der Waals surface area contributed by atoms with Gasteiger partial charge in [-0.05, 0) is 51.3 Å². The quantitative estimate of drug-likeness (QED) is 0.873. The van der Waals surface area contributed by atoms with Crippen molar-refractivity contribution in [3.8, 4) is 0 Å². The van der Waals surface area contributed by atoms with E-state index in [0.29, 0.717) is 0 Å². The second-order valence-corrected chi connectivity index (χ2v) is 6.57. The summed E-state index contributed by atoms with van der Waals surface area (Å²) in [4.78, 5) is 11.8. The molecular formula is C15H21BrN2O. The highest BCUT2D eigenvalue weighted by molar-refractivity contribution is 9.10. The molecule has 1 fully saturated rings. The number of halogens is 1. The minimum absolute atomic E-state index is 0.0779. The third-order valence-corrected chi connectivity index (χ3v) is 4.33. The number of nitrogens with one attached hydrogen (secondary N) is 2. The summed E-state index contributed by atoms with van der Waals surface area (Å²) in [5.41, 5.74) is 1.43. The Morgan fingerprint density at radius 1 is 1.16 bits per heavy atom. The zero-order chi connectivity index (χ0) is 14.0. The average molecular weight is 325 g/mol. The van der Waals surface area contributed by atoms with E-state index in [1.165, 1.54) is 5.56 Å². The van der Waals surface area contributed by atoms with E-state index in [1.807, 2.05) is 13.8 Å². The normalized spacial score (nSPS) is 17.9. The number of amides is 2. The molecule has 1 aromatic carbocycles. The van der Waals surface area contributed by atoms with Crippen molar-refractivity contribution in [3.05, 3.63) is 34.3 Å². The van der Waals surface area contributed by atoms with Gasteiger partial charge in [0.25, 0.3) is 0 Å². The van der Waals surface area contributed by atoms with Gasteiger partial charge in [-0.3, -0.25) is 0 Å². The van der Waals surface area contributed by atoms with E-state index < -0.39 is 0 Å². The standard InChI is InChI=1S/C15H21BrN2O/c1-10(2)17-14(19)18-11(3)15(8-9-15)12-4-6-13(16)7-5-12/h4-7,10-11H,8-9H2,1-3H3,(H2,17,18,19). The molecule has 3 nitrogen and oxygen atoms in total. The minimum Gasteiger partial charge on any atom is -0.336 e. The monoisotopic (exact) mass is 324 g/mol. The Hall–Kier alpha value is -1.03. The lowest BCUT2D eigenvalue weighted by atomic mass is 9.89. The molecule has 19 heavy (non-hydrogen) atoms. The summed E-state index contributed by atoms with van der Waals surface area (Å²) >= 11 is 3.46. The molecule has 0 aliphatic heterocycles. The number of hydrogen-bond donors (Lipinski definition) is 2. The summed E-state index contributed by atoms with van der Waals surface area (Å²) in [6.07, 6.45) is 2.27. The van der Waals surface area contributed by atoms with Crippen molar-refractivity contribution in [3.63, 3.8) is 0 Å². The van der Waals surface area contributed by atoms with Gasteiger partial charge in [-0.15, -0.1) is 0 Å². The SMILES string of the molecule is CC(C)NC(=O)NC(C)C1(c2ccc(Br)cc2)CC1. The summed E-state index contributed by atoms with van der Waals surface area (Å²) in [6.45, 7) is 6.02. The maximum Gasteiger partial charge on any atom is 0.315 e. The van der Waals surface area contributed by atoms with Crippen LogP contribution in [0.25, 0.3) is 0 Å². The molecule has 1 unspecified atom stereocenters. The Bertz CT molecular complexity index is 452. The smallest absolute Gasteiger partial charge is 0.315 e. The molecule has 0 radical (unpaired) electrons. The van der Waals surface area contributed by atoms with Crippen LogP contribution in [0, 0.1) is 0 Å². The summed E-state index contributed by atoms with van der Waals surface area (Å²) in [6, 6.07) is 8.66. The van der Waals surface area contributed by atoms with Crippen LogP contribution in [0.15, 0.2) is 28.7 Å². The van der Waals surface area contributed by atoms with Crippen molar-refractivity contribution in [2.24, 2.45) is 0 Å². The predicted molar refractivity (Wildman–Crippen MR) is 81.3 cm³/mol.